The van der Waals surface area contributed by atoms with E-state index in [1.807, 2.05) is 18.2 Å². The van der Waals surface area contributed by atoms with E-state index in [0.29, 0.717) is 0 Å². The van der Waals surface area contributed by atoms with Gasteiger partial charge in [0.2, 0.25) is 0 Å². The maximum Gasteiger partial charge on any atom is 0.123 e. The molecule has 0 aliphatic rings. The Kier molecular flexibility index (Phi) is 4.25. The lowest BCUT2D eigenvalue weighted by Gasteiger charge is -2.13. The molecule has 0 spiro atoms. The van der Waals surface area contributed by atoms with Crippen LogP contribution in [0.3, 0.4) is 0 Å². The first-order chi connectivity index (χ1) is 8.61. The second-order valence-corrected chi connectivity index (χ2v) is 5.09. The highest BCUT2D eigenvalue weighted by molar-refractivity contribution is 9.10. The molecule has 2 aromatic rings. The Balaban J connectivity index is 2.33. The lowest BCUT2D eigenvalue weighted by atomic mass is 10.0. The van der Waals surface area contributed by atoms with Crippen molar-refractivity contribution in [1.82, 2.24) is 0 Å². The molecular weight excluding hydrogens is 319 g/mol. The molecule has 0 N–H and O–H groups in total. The molecule has 2 aromatic carbocycles. The summed E-state index contributed by atoms with van der Waals surface area (Å²) < 4.78 is 18.9. The summed E-state index contributed by atoms with van der Waals surface area (Å²) in [6.45, 7) is 0. The highest BCUT2D eigenvalue weighted by Gasteiger charge is 2.14. The molecule has 94 valence electrons. The van der Waals surface area contributed by atoms with Gasteiger partial charge in [-0.15, -0.1) is 11.6 Å². The Labute approximate surface area is 119 Å². The number of halogens is 3. The van der Waals surface area contributed by atoms with Crippen molar-refractivity contribution in [2.75, 3.05) is 7.11 Å². The lowest BCUT2D eigenvalue weighted by Crippen LogP contribution is -1.95. The van der Waals surface area contributed by atoms with E-state index in [0.717, 1.165) is 21.3 Å². The Hall–Kier alpha value is -1.06. The normalized spacial score (nSPS) is 12.2. The third-order valence-corrected chi connectivity index (χ3v) is 3.82. The SMILES string of the molecule is COc1ccc(C(Cl)c2ccc(F)cc2)c(Br)c1. The Morgan fingerprint density at radius 2 is 1.83 bits per heavy atom. The Morgan fingerprint density at radius 3 is 2.39 bits per heavy atom. The van der Waals surface area contributed by atoms with E-state index in [4.69, 9.17) is 16.3 Å². The zero-order chi connectivity index (χ0) is 13.1. The third kappa shape index (κ3) is 2.85. The minimum absolute atomic E-state index is 0.267. The summed E-state index contributed by atoms with van der Waals surface area (Å²) in [4.78, 5) is 0. The Morgan fingerprint density at radius 1 is 1.17 bits per heavy atom. The van der Waals surface area contributed by atoms with E-state index in [1.54, 1.807) is 19.2 Å². The summed E-state index contributed by atoms with van der Waals surface area (Å²) in [5.41, 5.74) is 1.77. The molecule has 0 aliphatic carbocycles. The van der Waals surface area contributed by atoms with Crippen LogP contribution < -0.4 is 4.74 Å². The summed E-state index contributed by atoms with van der Waals surface area (Å²) in [6, 6.07) is 11.8. The van der Waals surface area contributed by atoms with Crippen molar-refractivity contribution in [1.29, 1.82) is 0 Å². The van der Waals surface area contributed by atoms with Crippen molar-refractivity contribution in [3.8, 4) is 5.75 Å². The predicted molar refractivity (Wildman–Crippen MR) is 74.8 cm³/mol. The number of hydrogen-bond donors (Lipinski definition) is 0. The molecule has 18 heavy (non-hydrogen) atoms. The first-order valence-electron chi connectivity index (χ1n) is 5.35. The molecule has 1 nitrogen and oxygen atoms in total. The van der Waals surface area contributed by atoms with Gasteiger partial charge in [0.15, 0.2) is 0 Å². The molecule has 0 saturated heterocycles. The largest absolute Gasteiger partial charge is 0.497 e. The van der Waals surface area contributed by atoms with Crippen LogP contribution in [0.25, 0.3) is 0 Å². The zero-order valence-corrected chi connectivity index (χ0v) is 12.0. The van der Waals surface area contributed by atoms with Crippen LogP contribution in [-0.4, -0.2) is 7.11 Å². The summed E-state index contributed by atoms with van der Waals surface area (Å²) in [5, 5.41) is -0.328. The predicted octanol–water partition coefficient (Wildman–Crippen LogP) is 4.93. The number of ether oxygens (including phenoxy) is 1. The average molecular weight is 330 g/mol. The minimum Gasteiger partial charge on any atom is -0.497 e. The van der Waals surface area contributed by atoms with Crippen LogP contribution in [0.5, 0.6) is 5.75 Å². The van der Waals surface area contributed by atoms with Gasteiger partial charge in [0, 0.05) is 4.47 Å². The monoisotopic (exact) mass is 328 g/mol. The second-order valence-electron chi connectivity index (χ2n) is 3.80. The molecule has 0 heterocycles. The summed E-state index contributed by atoms with van der Waals surface area (Å²) in [7, 11) is 1.61. The van der Waals surface area contributed by atoms with Crippen LogP contribution in [0, 0.1) is 5.82 Å². The van der Waals surface area contributed by atoms with Gasteiger partial charge in [-0.25, -0.2) is 4.39 Å². The molecular formula is C14H11BrClFO. The summed E-state index contributed by atoms with van der Waals surface area (Å²) >= 11 is 9.85. The van der Waals surface area contributed by atoms with Gasteiger partial charge in [0.05, 0.1) is 12.5 Å². The third-order valence-electron chi connectivity index (χ3n) is 2.64. The highest BCUT2D eigenvalue weighted by atomic mass is 79.9. The molecule has 0 aromatic heterocycles. The van der Waals surface area contributed by atoms with Crippen LogP contribution >= 0.6 is 27.5 Å². The highest BCUT2D eigenvalue weighted by Crippen LogP contribution is 2.35. The van der Waals surface area contributed by atoms with Gasteiger partial charge in [0.25, 0.3) is 0 Å². The molecule has 0 aliphatic heterocycles. The van der Waals surface area contributed by atoms with Gasteiger partial charge < -0.3 is 4.74 Å². The summed E-state index contributed by atoms with van der Waals surface area (Å²) in [5.74, 6) is 0.491. The van der Waals surface area contributed by atoms with Gasteiger partial charge >= 0.3 is 0 Å². The van der Waals surface area contributed by atoms with E-state index < -0.39 is 0 Å². The van der Waals surface area contributed by atoms with Crippen molar-refractivity contribution < 1.29 is 9.13 Å². The van der Waals surface area contributed by atoms with Crippen LogP contribution in [0.1, 0.15) is 16.5 Å². The Bertz CT molecular complexity index is 542. The topological polar surface area (TPSA) is 9.23 Å². The van der Waals surface area contributed by atoms with E-state index in [-0.39, 0.29) is 11.2 Å². The average Bonchev–Trinajstić information content (AvgIpc) is 2.38. The molecule has 1 atom stereocenters. The minimum atomic E-state index is -0.328. The fourth-order valence-electron chi connectivity index (χ4n) is 1.65. The van der Waals surface area contributed by atoms with Crippen molar-refractivity contribution in [3.05, 3.63) is 63.9 Å². The van der Waals surface area contributed by atoms with Crippen molar-refractivity contribution in [2.24, 2.45) is 0 Å². The van der Waals surface area contributed by atoms with Gasteiger partial charge in [-0.3, -0.25) is 0 Å². The molecule has 4 heteroatoms. The maximum absolute atomic E-state index is 12.9. The van der Waals surface area contributed by atoms with E-state index in [9.17, 15) is 4.39 Å². The van der Waals surface area contributed by atoms with Crippen LogP contribution in [-0.2, 0) is 0 Å². The number of benzene rings is 2. The molecule has 0 amide bonds. The zero-order valence-electron chi connectivity index (χ0n) is 9.66. The first-order valence-corrected chi connectivity index (χ1v) is 6.57. The van der Waals surface area contributed by atoms with Gasteiger partial charge in [0.1, 0.15) is 11.6 Å². The second kappa shape index (κ2) is 5.72. The number of hydrogen-bond acceptors (Lipinski definition) is 1. The summed E-state index contributed by atoms with van der Waals surface area (Å²) in [6.07, 6.45) is 0. The first kappa shape index (κ1) is 13.4. The maximum atomic E-state index is 12.9. The van der Waals surface area contributed by atoms with Crippen LogP contribution in [0.4, 0.5) is 4.39 Å². The molecule has 2 rings (SSSR count). The standard InChI is InChI=1S/C14H11BrClFO/c1-18-11-6-7-12(13(15)8-11)14(16)9-2-4-10(17)5-3-9/h2-8,14H,1H3. The molecule has 0 bridgehead atoms. The van der Waals surface area contributed by atoms with Crippen LogP contribution in [0.2, 0.25) is 0 Å². The molecule has 0 saturated carbocycles. The lowest BCUT2D eigenvalue weighted by molar-refractivity contribution is 0.414. The quantitative estimate of drug-likeness (QED) is 0.726. The molecule has 0 radical (unpaired) electrons. The van der Waals surface area contributed by atoms with E-state index >= 15 is 0 Å². The smallest absolute Gasteiger partial charge is 0.123 e. The van der Waals surface area contributed by atoms with Crippen LogP contribution in [0.15, 0.2) is 46.9 Å². The number of methoxy groups -OCH3 is 1. The number of alkyl halides is 1. The molecule has 1 unspecified atom stereocenters. The fraction of sp³-hybridized carbons (Fsp3) is 0.143. The fourth-order valence-corrected chi connectivity index (χ4v) is 2.71. The van der Waals surface area contributed by atoms with E-state index in [2.05, 4.69) is 15.9 Å². The molecule has 0 fully saturated rings. The van der Waals surface area contributed by atoms with Crippen molar-refractivity contribution >= 4 is 27.5 Å². The van der Waals surface area contributed by atoms with Crippen molar-refractivity contribution in [2.45, 2.75) is 5.38 Å². The van der Waals surface area contributed by atoms with Gasteiger partial charge in [-0.2, -0.15) is 0 Å². The van der Waals surface area contributed by atoms with Gasteiger partial charge in [-0.05, 0) is 35.4 Å². The number of rotatable bonds is 3. The van der Waals surface area contributed by atoms with Gasteiger partial charge in [-0.1, -0.05) is 34.1 Å². The van der Waals surface area contributed by atoms with E-state index in [1.165, 1.54) is 12.1 Å². The van der Waals surface area contributed by atoms with Crippen molar-refractivity contribution in [3.63, 3.8) is 0 Å².